The van der Waals surface area contributed by atoms with Gasteiger partial charge < -0.3 is 4.84 Å². The first-order valence-corrected chi connectivity index (χ1v) is 7.80. The van der Waals surface area contributed by atoms with Gasteiger partial charge in [0, 0.05) is 0 Å². The Bertz CT molecular complexity index is 908. The lowest BCUT2D eigenvalue weighted by Crippen LogP contribution is -2.33. The molecule has 6 nitrogen and oxygen atoms in total. The SMILES string of the molecule is N#Cc1ccc(C2CC2C(=O)ON2C(=O)c3ccccc3C2=O)cc1. The van der Waals surface area contributed by atoms with Crippen LogP contribution >= 0.6 is 0 Å². The van der Waals surface area contributed by atoms with Crippen LogP contribution in [0.1, 0.15) is 44.2 Å². The standard InChI is InChI=1S/C19H12N2O4/c20-10-11-5-7-12(8-6-11)15-9-16(15)19(24)25-21-17(22)13-3-1-2-4-14(13)18(21)23/h1-8,15-16H,9H2. The summed E-state index contributed by atoms with van der Waals surface area (Å²) < 4.78 is 0. The molecular formula is C19H12N2O4. The van der Waals surface area contributed by atoms with Gasteiger partial charge in [0.15, 0.2) is 0 Å². The van der Waals surface area contributed by atoms with Gasteiger partial charge in [0.05, 0.1) is 28.7 Å². The zero-order chi connectivity index (χ0) is 17.6. The number of nitriles is 1. The molecule has 122 valence electrons. The van der Waals surface area contributed by atoms with Gasteiger partial charge in [-0.1, -0.05) is 29.3 Å². The zero-order valence-corrected chi connectivity index (χ0v) is 13.0. The van der Waals surface area contributed by atoms with Gasteiger partial charge in [-0.05, 0) is 42.2 Å². The van der Waals surface area contributed by atoms with E-state index in [0.29, 0.717) is 17.0 Å². The molecule has 1 heterocycles. The second kappa shape index (κ2) is 5.56. The third-order valence-electron chi connectivity index (χ3n) is 4.50. The highest BCUT2D eigenvalue weighted by Gasteiger charge is 2.48. The molecule has 2 amide bonds. The number of fused-ring (bicyclic) bond motifs is 1. The molecule has 6 heteroatoms. The predicted molar refractivity (Wildman–Crippen MR) is 85.0 cm³/mol. The second-order valence-electron chi connectivity index (χ2n) is 6.04. The predicted octanol–water partition coefficient (Wildman–Crippen LogP) is 2.42. The van der Waals surface area contributed by atoms with Crippen molar-refractivity contribution >= 4 is 17.8 Å². The molecule has 4 rings (SSSR count). The molecule has 2 aromatic rings. The molecule has 1 aliphatic heterocycles. The van der Waals surface area contributed by atoms with Crippen molar-refractivity contribution in [3.8, 4) is 6.07 Å². The minimum absolute atomic E-state index is 0.0181. The number of benzene rings is 2. The Balaban J connectivity index is 1.45. The fourth-order valence-corrected chi connectivity index (χ4v) is 3.04. The fourth-order valence-electron chi connectivity index (χ4n) is 3.04. The van der Waals surface area contributed by atoms with Gasteiger partial charge in [-0.3, -0.25) is 9.59 Å². The Kier molecular flexibility index (Phi) is 3.36. The van der Waals surface area contributed by atoms with Crippen molar-refractivity contribution in [1.82, 2.24) is 5.06 Å². The van der Waals surface area contributed by atoms with Gasteiger partial charge >= 0.3 is 5.97 Å². The van der Waals surface area contributed by atoms with Gasteiger partial charge in [0.1, 0.15) is 0 Å². The quantitative estimate of drug-likeness (QED) is 0.806. The Morgan fingerprint density at radius 2 is 1.64 bits per heavy atom. The molecule has 0 radical (unpaired) electrons. The molecule has 0 aromatic heterocycles. The van der Waals surface area contributed by atoms with E-state index in [0.717, 1.165) is 5.56 Å². The second-order valence-corrected chi connectivity index (χ2v) is 6.04. The van der Waals surface area contributed by atoms with E-state index in [-0.39, 0.29) is 17.0 Å². The highest BCUT2D eigenvalue weighted by molar-refractivity contribution is 6.20. The number of carbonyl (C=O) groups is 3. The lowest BCUT2D eigenvalue weighted by Gasteiger charge is -2.12. The van der Waals surface area contributed by atoms with E-state index in [1.807, 2.05) is 6.07 Å². The maximum absolute atomic E-state index is 12.3. The Hall–Kier alpha value is -3.46. The largest absolute Gasteiger partial charge is 0.336 e. The monoisotopic (exact) mass is 332 g/mol. The average molecular weight is 332 g/mol. The molecule has 2 aromatic carbocycles. The third kappa shape index (κ3) is 2.46. The van der Waals surface area contributed by atoms with Crippen LogP contribution in [0.25, 0.3) is 0 Å². The van der Waals surface area contributed by atoms with E-state index in [1.165, 1.54) is 12.1 Å². The molecule has 0 saturated heterocycles. The van der Waals surface area contributed by atoms with Crippen LogP contribution in [0.5, 0.6) is 0 Å². The minimum atomic E-state index is -0.621. The summed E-state index contributed by atoms with van der Waals surface area (Å²) in [5.74, 6) is -2.24. The Morgan fingerprint density at radius 3 is 2.20 bits per heavy atom. The molecule has 0 bridgehead atoms. The van der Waals surface area contributed by atoms with Gasteiger partial charge in [-0.25, -0.2) is 4.79 Å². The van der Waals surface area contributed by atoms with Crippen LogP contribution in [0.3, 0.4) is 0 Å². The number of rotatable bonds is 3. The van der Waals surface area contributed by atoms with E-state index in [1.54, 1.807) is 36.4 Å². The Morgan fingerprint density at radius 1 is 1.04 bits per heavy atom. The summed E-state index contributed by atoms with van der Waals surface area (Å²) >= 11 is 0. The molecule has 1 fully saturated rings. The van der Waals surface area contributed by atoms with Crippen molar-refractivity contribution in [1.29, 1.82) is 5.26 Å². The van der Waals surface area contributed by atoms with E-state index >= 15 is 0 Å². The normalized spacial score (nSPS) is 20.8. The summed E-state index contributed by atoms with van der Waals surface area (Å²) in [6.07, 6.45) is 0.591. The number of carbonyl (C=O) groups excluding carboxylic acids is 3. The molecule has 1 aliphatic carbocycles. The maximum Gasteiger partial charge on any atom is 0.336 e. The van der Waals surface area contributed by atoms with E-state index in [4.69, 9.17) is 10.1 Å². The first-order chi connectivity index (χ1) is 12.1. The highest BCUT2D eigenvalue weighted by Crippen LogP contribution is 2.48. The van der Waals surface area contributed by atoms with E-state index in [9.17, 15) is 14.4 Å². The first kappa shape index (κ1) is 15.1. The van der Waals surface area contributed by atoms with Gasteiger partial charge in [-0.2, -0.15) is 5.26 Å². The van der Waals surface area contributed by atoms with Crippen molar-refractivity contribution in [3.63, 3.8) is 0 Å². The van der Waals surface area contributed by atoms with Crippen LogP contribution in [-0.2, 0) is 9.63 Å². The van der Waals surface area contributed by atoms with Gasteiger partial charge in [0.25, 0.3) is 11.8 Å². The van der Waals surface area contributed by atoms with E-state index < -0.39 is 23.7 Å². The number of nitrogens with zero attached hydrogens (tertiary/aromatic N) is 2. The van der Waals surface area contributed by atoms with Crippen molar-refractivity contribution in [2.45, 2.75) is 12.3 Å². The number of hydroxylamine groups is 2. The van der Waals surface area contributed by atoms with Crippen molar-refractivity contribution in [3.05, 3.63) is 70.8 Å². The summed E-state index contributed by atoms with van der Waals surface area (Å²) in [4.78, 5) is 41.8. The fraction of sp³-hybridized carbons (Fsp3) is 0.158. The van der Waals surface area contributed by atoms with Crippen LogP contribution < -0.4 is 0 Å². The summed E-state index contributed by atoms with van der Waals surface area (Å²) in [7, 11) is 0. The molecule has 2 atom stereocenters. The minimum Gasteiger partial charge on any atom is -0.329 e. The molecule has 2 aliphatic rings. The van der Waals surface area contributed by atoms with Crippen LogP contribution in [0.15, 0.2) is 48.5 Å². The highest BCUT2D eigenvalue weighted by atomic mass is 16.7. The molecule has 1 saturated carbocycles. The number of imide groups is 1. The molecular weight excluding hydrogens is 320 g/mol. The molecule has 0 N–H and O–H groups in total. The molecule has 2 unspecified atom stereocenters. The van der Waals surface area contributed by atoms with Gasteiger partial charge in [-0.15, -0.1) is 0 Å². The van der Waals surface area contributed by atoms with Crippen LogP contribution in [0.2, 0.25) is 0 Å². The van der Waals surface area contributed by atoms with Crippen molar-refractivity contribution in [2.24, 2.45) is 5.92 Å². The number of hydrogen-bond donors (Lipinski definition) is 0. The summed E-state index contributed by atoms with van der Waals surface area (Å²) in [6.45, 7) is 0. The number of hydrogen-bond acceptors (Lipinski definition) is 5. The summed E-state index contributed by atoms with van der Waals surface area (Å²) in [5, 5.41) is 9.36. The lowest BCUT2D eigenvalue weighted by molar-refractivity contribution is -0.170. The Labute approximate surface area is 143 Å². The summed E-state index contributed by atoms with van der Waals surface area (Å²) in [5.41, 5.74) is 1.96. The zero-order valence-electron chi connectivity index (χ0n) is 13.0. The smallest absolute Gasteiger partial charge is 0.329 e. The topological polar surface area (TPSA) is 87.5 Å². The lowest BCUT2D eigenvalue weighted by atomic mass is 10.1. The molecule has 25 heavy (non-hydrogen) atoms. The van der Waals surface area contributed by atoms with E-state index in [2.05, 4.69) is 0 Å². The van der Waals surface area contributed by atoms with Crippen molar-refractivity contribution < 1.29 is 19.2 Å². The molecule has 0 spiro atoms. The van der Waals surface area contributed by atoms with Crippen LogP contribution in [-0.4, -0.2) is 22.8 Å². The number of amides is 2. The average Bonchev–Trinajstić information content (AvgIpc) is 3.42. The third-order valence-corrected chi connectivity index (χ3v) is 4.50. The van der Waals surface area contributed by atoms with Crippen LogP contribution in [0, 0.1) is 17.2 Å². The maximum atomic E-state index is 12.3. The van der Waals surface area contributed by atoms with Crippen molar-refractivity contribution in [2.75, 3.05) is 0 Å². The summed E-state index contributed by atoms with van der Waals surface area (Å²) in [6, 6.07) is 15.4. The van der Waals surface area contributed by atoms with Gasteiger partial charge in [0.2, 0.25) is 0 Å². The first-order valence-electron chi connectivity index (χ1n) is 7.80. The van der Waals surface area contributed by atoms with Crippen LogP contribution in [0.4, 0.5) is 0 Å².